The summed E-state index contributed by atoms with van der Waals surface area (Å²) in [6.07, 6.45) is 1.64. The lowest BCUT2D eigenvalue weighted by Crippen LogP contribution is -2.14. The van der Waals surface area contributed by atoms with Crippen LogP contribution in [0.1, 0.15) is 43.1 Å². The summed E-state index contributed by atoms with van der Waals surface area (Å²) in [5.74, 6) is 0.450. The van der Waals surface area contributed by atoms with E-state index in [1.165, 1.54) is 23.8 Å². The summed E-state index contributed by atoms with van der Waals surface area (Å²) in [4.78, 5) is 10.7. The molecule has 0 amide bonds. The number of aldehydes is 1. The summed E-state index contributed by atoms with van der Waals surface area (Å²) >= 11 is 0. The van der Waals surface area contributed by atoms with Crippen LogP contribution in [0.5, 0.6) is 11.5 Å². The van der Waals surface area contributed by atoms with Crippen molar-refractivity contribution in [1.29, 1.82) is 0 Å². The molecule has 0 bridgehead atoms. The van der Waals surface area contributed by atoms with Gasteiger partial charge in [-0.25, -0.2) is 4.39 Å². The van der Waals surface area contributed by atoms with Crippen LogP contribution in [-0.2, 0) is 5.41 Å². The first-order valence-electron chi connectivity index (χ1n) is 6.99. The Morgan fingerprint density at radius 3 is 2.33 bits per heavy atom. The lowest BCUT2D eigenvalue weighted by atomic mass is 9.82. The zero-order valence-corrected chi connectivity index (χ0v) is 12.5. The maximum atomic E-state index is 13.3. The molecule has 0 aliphatic carbocycles. The van der Waals surface area contributed by atoms with E-state index in [1.807, 2.05) is 24.3 Å². The fraction of sp³-hybridized carbons (Fsp3) is 0.278. The molecular weight excluding hydrogens is 267 g/mol. The molecule has 0 unspecified atom stereocenters. The highest BCUT2D eigenvalue weighted by atomic mass is 19.1. The number of hydrogen-bond donors (Lipinski definition) is 0. The Hall–Kier alpha value is -2.16. The lowest BCUT2D eigenvalue weighted by Gasteiger charge is -2.23. The Kier molecular flexibility index (Phi) is 4.41. The van der Waals surface area contributed by atoms with E-state index >= 15 is 0 Å². The van der Waals surface area contributed by atoms with Gasteiger partial charge in [0.25, 0.3) is 0 Å². The first-order valence-corrected chi connectivity index (χ1v) is 6.99. The van der Waals surface area contributed by atoms with Crippen LogP contribution >= 0.6 is 0 Å². The van der Waals surface area contributed by atoms with Gasteiger partial charge >= 0.3 is 0 Å². The van der Waals surface area contributed by atoms with Crippen LogP contribution < -0.4 is 4.74 Å². The third-order valence-electron chi connectivity index (χ3n) is 3.79. The molecule has 2 aromatic rings. The fourth-order valence-corrected chi connectivity index (χ4v) is 2.03. The van der Waals surface area contributed by atoms with E-state index in [-0.39, 0.29) is 11.0 Å². The first kappa shape index (κ1) is 15.2. The van der Waals surface area contributed by atoms with Gasteiger partial charge < -0.3 is 4.74 Å². The average molecular weight is 286 g/mol. The minimum Gasteiger partial charge on any atom is -0.457 e. The summed E-state index contributed by atoms with van der Waals surface area (Å²) in [5.41, 5.74) is 1.60. The van der Waals surface area contributed by atoms with E-state index in [1.54, 1.807) is 0 Å². The minimum absolute atomic E-state index is 0.113. The maximum Gasteiger partial charge on any atom is 0.150 e. The highest BCUT2D eigenvalue weighted by Gasteiger charge is 2.17. The molecular formula is C18H19FO2. The van der Waals surface area contributed by atoms with E-state index in [0.29, 0.717) is 17.8 Å². The summed E-state index contributed by atoms with van der Waals surface area (Å²) in [6.45, 7) is 6.52. The van der Waals surface area contributed by atoms with Crippen molar-refractivity contribution in [3.05, 3.63) is 59.4 Å². The van der Waals surface area contributed by atoms with Crippen molar-refractivity contribution < 1.29 is 13.9 Å². The second-order valence-electron chi connectivity index (χ2n) is 5.70. The van der Waals surface area contributed by atoms with Gasteiger partial charge in [0.2, 0.25) is 0 Å². The van der Waals surface area contributed by atoms with Gasteiger partial charge in [0, 0.05) is 11.6 Å². The highest BCUT2D eigenvalue weighted by Crippen LogP contribution is 2.29. The molecule has 0 N–H and O–H groups in total. The molecule has 21 heavy (non-hydrogen) atoms. The summed E-state index contributed by atoms with van der Waals surface area (Å²) in [6, 6.07) is 11.7. The number of hydrogen-bond acceptors (Lipinski definition) is 2. The molecule has 2 rings (SSSR count). The molecule has 0 heterocycles. The Bertz CT molecular complexity index is 630. The number of halogens is 1. The monoisotopic (exact) mass is 286 g/mol. The predicted octanol–water partition coefficient (Wildman–Crippen LogP) is 5.12. The smallest absolute Gasteiger partial charge is 0.150 e. The third-order valence-corrected chi connectivity index (χ3v) is 3.79. The number of rotatable bonds is 5. The van der Waals surface area contributed by atoms with Crippen LogP contribution in [0.3, 0.4) is 0 Å². The predicted molar refractivity (Wildman–Crippen MR) is 81.6 cm³/mol. The third kappa shape index (κ3) is 3.69. The van der Waals surface area contributed by atoms with Crippen LogP contribution in [0.2, 0.25) is 0 Å². The minimum atomic E-state index is -0.488. The summed E-state index contributed by atoms with van der Waals surface area (Å²) in [5, 5.41) is 0. The van der Waals surface area contributed by atoms with Gasteiger partial charge in [-0.15, -0.1) is 0 Å². The van der Waals surface area contributed by atoms with Crippen molar-refractivity contribution in [2.24, 2.45) is 0 Å². The Balaban J connectivity index is 2.21. The van der Waals surface area contributed by atoms with Crippen molar-refractivity contribution in [3.63, 3.8) is 0 Å². The van der Waals surface area contributed by atoms with Gasteiger partial charge in [-0.3, -0.25) is 4.79 Å². The molecule has 0 atom stereocenters. The molecule has 2 nitrogen and oxygen atoms in total. The van der Waals surface area contributed by atoms with E-state index < -0.39 is 5.82 Å². The molecule has 3 heteroatoms. The molecule has 0 aliphatic rings. The van der Waals surface area contributed by atoms with Crippen molar-refractivity contribution in [1.82, 2.24) is 0 Å². The van der Waals surface area contributed by atoms with Gasteiger partial charge in [-0.05, 0) is 41.7 Å². The van der Waals surface area contributed by atoms with Crippen molar-refractivity contribution in [3.8, 4) is 11.5 Å². The molecule has 2 aromatic carbocycles. The van der Waals surface area contributed by atoms with Crippen LogP contribution in [0.4, 0.5) is 4.39 Å². The van der Waals surface area contributed by atoms with Gasteiger partial charge in [-0.1, -0.05) is 32.9 Å². The van der Waals surface area contributed by atoms with Crippen LogP contribution in [0.15, 0.2) is 42.5 Å². The molecule has 110 valence electrons. The maximum absolute atomic E-state index is 13.3. The Morgan fingerprint density at radius 1 is 1.10 bits per heavy atom. The van der Waals surface area contributed by atoms with Crippen molar-refractivity contribution in [2.45, 2.75) is 32.6 Å². The van der Waals surface area contributed by atoms with E-state index in [2.05, 4.69) is 20.8 Å². The molecule has 0 radical (unpaired) electrons. The van der Waals surface area contributed by atoms with E-state index in [9.17, 15) is 9.18 Å². The number of carbonyl (C=O) groups excluding carboxylic acids is 1. The van der Waals surface area contributed by atoms with Crippen LogP contribution in [0.25, 0.3) is 0 Å². The zero-order chi connectivity index (χ0) is 15.5. The standard InChI is InChI=1S/C18H19FO2/c1-4-18(2,3)14-5-7-16(8-6-14)21-17-10-13(12-20)9-15(19)11-17/h5-12H,4H2,1-3H3. The molecule has 0 aromatic heterocycles. The molecule has 0 aliphatic heterocycles. The highest BCUT2D eigenvalue weighted by molar-refractivity contribution is 5.75. The molecule has 0 fully saturated rings. The van der Waals surface area contributed by atoms with Crippen LogP contribution in [0, 0.1) is 5.82 Å². The molecule has 0 saturated carbocycles. The van der Waals surface area contributed by atoms with Gasteiger partial charge in [0.05, 0.1) is 0 Å². The molecule has 0 saturated heterocycles. The normalized spacial score (nSPS) is 11.2. The van der Waals surface area contributed by atoms with Crippen LogP contribution in [-0.4, -0.2) is 6.29 Å². The van der Waals surface area contributed by atoms with E-state index in [0.717, 1.165) is 6.42 Å². The fourth-order valence-electron chi connectivity index (χ4n) is 2.03. The van der Waals surface area contributed by atoms with Gasteiger partial charge in [-0.2, -0.15) is 0 Å². The van der Waals surface area contributed by atoms with Crippen molar-refractivity contribution in [2.75, 3.05) is 0 Å². The summed E-state index contributed by atoms with van der Waals surface area (Å²) in [7, 11) is 0. The van der Waals surface area contributed by atoms with Gasteiger partial charge in [0.1, 0.15) is 23.6 Å². The largest absolute Gasteiger partial charge is 0.457 e. The molecule has 0 spiro atoms. The quantitative estimate of drug-likeness (QED) is 0.713. The van der Waals surface area contributed by atoms with E-state index in [4.69, 9.17) is 4.74 Å². The SMILES string of the molecule is CCC(C)(C)c1ccc(Oc2cc(F)cc(C=O)c2)cc1. The zero-order valence-electron chi connectivity index (χ0n) is 12.5. The van der Waals surface area contributed by atoms with Crippen molar-refractivity contribution >= 4 is 6.29 Å². The second kappa shape index (κ2) is 6.08. The number of benzene rings is 2. The lowest BCUT2D eigenvalue weighted by molar-refractivity contribution is 0.112. The second-order valence-corrected chi connectivity index (χ2v) is 5.70. The van der Waals surface area contributed by atoms with Gasteiger partial charge in [0.15, 0.2) is 0 Å². The topological polar surface area (TPSA) is 26.3 Å². The first-order chi connectivity index (χ1) is 9.94. The summed E-state index contributed by atoms with van der Waals surface area (Å²) < 4.78 is 18.9. The Morgan fingerprint density at radius 2 is 1.76 bits per heavy atom. The average Bonchev–Trinajstić information content (AvgIpc) is 2.47. The number of carbonyl (C=O) groups is 1. The Labute approximate surface area is 124 Å². The number of ether oxygens (including phenoxy) is 1.